The molecule has 8 heteroatoms. The summed E-state index contributed by atoms with van der Waals surface area (Å²) in [6.45, 7) is -1.03. The summed E-state index contributed by atoms with van der Waals surface area (Å²) in [6, 6.07) is 6.88. The van der Waals surface area contributed by atoms with E-state index in [4.69, 9.17) is 16.3 Å². The fourth-order valence-corrected chi connectivity index (χ4v) is 2.78. The summed E-state index contributed by atoms with van der Waals surface area (Å²) < 4.78 is 61.4. The fraction of sp³-hybridized carbons (Fsp3) is 0.118. The van der Waals surface area contributed by atoms with Crippen molar-refractivity contribution in [1.82, 2.24) is 9.55 Å². The third kappa shape index (κ3) is 3.07. The second-order valence-electron chi connectivity index (χ2n) is 5.08. The van der Waals surface area contributed by atoms with Gasteiger partial charge in [0.2, 0.25) is 0 Å². The molecule has 3 aromatic rings. The molecular formula is C17H11ClF4N2O. The molecule has 1 aromatic heterocycles. The minimum Gasteiger partial charge on any atom is -0.497 e. The van der Waals surface area contributed by atoms with Gasteiger partial charge in [-0.2, -0.15) is 0 Å². The first kappa shape index (κ1) is 17.3. The van der Waals surface area contributed by atoms with Crippen LogP contribution in [0.1, 0.15) is 5.82 Å². The van der Waals surface area contributed by atoms with Gasteiger partial charge in [0.1, 0.15) is 35.7 Å². The van der Waals surface area contributed by atoms with Gasteiger partial charge < -0.3 is 4.74 Å². The van der Waals surface area contributed by atoms with Crippen LogP contribution in [0.15, 0.2) is 36.4 Å². The number of hydrogen-bond donors (Lipinski definition) is 0. The second-order valence-corrected chi connectivity index (χ2v) is 5.44. The summed E-state index contributed by atoms with van der Waals surface area (Å²) in [6.07, 6.45) is 0. The van der Waals surface area contributed by atoms with E-state index < -0.39 is 29.7 Å². The number of hydrogen-bond acceptors (Lipinski definition) is 2. The van der Waals surface area contributed by atoms with Gasteiger partial charge in [0, 0.05) is 17.8 Å². The summed E-state index contributed by atoms with van der Waals surface area (Å²) in [5, 5.41) is -0.278. The number of nitrogens with zero attached hydrogens (tertiary/aromatic N) is 2. The van der Waals surface area contributed by atoms with Gasteiger partial charge in [-0.05, 0) is 24.3 Å². The van der Waals surface area contributed by atoms with Crippen molar-refractivity contribution in [3.63, 3.8) is 0 Å². The zero-order chi connectivity index (χ0) is 18.1. The van der Waals surface area contributed by atoms with Crippen LogP contribution < -0.4 is 4.74 Å². The van der Waals surface area contributed by atoms with Crippen LogP contribution in [-0.4, -0.2) is 16.7 Å². The lowest BCUT2D eigenvalue weighted by Crippen LogP contribution is -2.04. The number of benzene rings is 2. The first-order chi connectivity index (χ1) is 12.0. The summed E-state index contributed by atoms with van der Waals surface area (Å²) in [4.78, 5) is 3.82. The van der Waals surface area contributed by atoms with Crippen LogP contribution in [0.2, 0.25) is 5.15 Å². The quantitative estimate of drug-likeness (QED) is 0.598. The Labute approximate surface area is 145 Å². The molecule has 0 aliphatic carbocycles. The summed E-state index contributed by atoms with van der Waals surface area (Å²) in [5.74, 6) is -2.60. The van der Waals surface area contributed by atoms with E-state index in [9.17, 15) is 17.6 Å². The average molecular weight is 371 g/mol. The van der Waals surface area contributed by atoms with Crippen molar-refractivity contribution in [1.29, 1.82) is 0 Å². The fourth-order valence-electron chi connectivity index (χ4n) is 2.50. The van der Waals surface area contributed by atoms with E-state index in [1.807, 2.05) is 0 Å². The molecule has 0 amide bonds. The molecule has 0 spiro atoms. The van der Waals surface area contributed by atoms with Crippen molar-refractivity contribution in [2.45, 2.75) is 6.67 Å². The van der Waals surface area contributed by atoms with Gasteiger partial charge >= 0.3 is 0 Å². The van der Waals surface area contributed by atoms with Crippen molar-refractivity contribution in [2.75, 3.05) is 7.11 Å². The average Bonchev–Trinajstić information content (AvgIpc) is 2.91. The first-order valence-electron chi connectivity index (χ1n) is 7.08. The third-order valence-electron chi connectivity index (χ3n) is 3.60. The highest BCUT2D eigenvalue weighted by Crippen LogP contribution is 2.37. The van der Waals surface area contributed by atoms with E-state index >= 15 is 0 Å². The first-order valence-corrected chi connectivity index (χ1v) is 7.46. The lowest BCUT2D eigenvalue weighted by molar-refractivity contribution is 0.407. The molecular weight excluding hydrogens is 360 g/mol. The highest BCUT2D eigenvalue weighted by Gasteiger charge is 2.25. The number of alkyl halides is 1. The lowest BCUT2D eigenvalue weighted by Gasteiger charge is -2.13. The Hall–Kier alpha value is -2.54. The zero-order valence-electron chi connectivity index (χ0n) is 12.9. The number of methoxy groups -OCH3 is 1. The van der Waals surface area contributed by atoms with Crippen molar-refractivity contribution >= 4 is 11.6 Å². The van der Waals surface area contributed by atoms with Gasteiger partial charge in [0.05, 0.1) is 18.4 Å². The van der Waals surface area contributed by atoms with Crippen molar-refractivity contribution in [2.24, 2.45) is 0 Å². The molecule has 0 unspecified atom stereocenters. The van der Waals surface area contributed by atoms with Crippen molar-refractivity contribution in [3.8, 4) is 22.7 Å². The van der Waals surface area contributed by atoms with Crippen molar-refractivity contribution in [3.05, 3.63) is 64.8 Å². The van der Waals surface area contributed by atoms with Gasteiger partial charge in [-0.15, -0.1) is 0 Å². The van der Waals surface area contributed by atoms with Gasteiger partial charge in [0.15, 0.2) is 5.15 Å². The largest absolute Gasteiger partial charge is 0.497 e. The molecule has 0 atom stereocenters. The lowest BCUT2D eigenvalue weighted by atomic mass is 10.1. The minimum atomic E-state index is -1.03. The van der Waals surface area contributed by atoms with E-state index in [1.54, 1.807) is 0 Å². The number of halogens is 5. The molecule has 2 aromatic carbocycles. The van der Waals surface area contributed by atoms with Crippen LogP contribution in [0.4, 0.5) is 17.6 Å². The molecule has 0 bridgehead atoms. The van der Waals surface area contributed by atoms with Crippen LogP contribution in [0, 0.1) is 17.5 Å². The Bertz CT molecular complexity index is 902. The molecule has 0 saturated heterocycles. The molecule has 0 radical (unpaired) electrons. The summed E-state index contributed by atoms with van der Waals surface area (Å²) >= 11 is 6.02. The van der Waals surface area contributed by atoms with Gasteiger partial charge in [-0.1, -0.05) is 11.6 Å². The number of aromatic nitrogens is 2. The SMILES string of the molecule is COc1cc(F)c(-c2c(Cl)nc(CF)n2-c2ccc(F)cc2)c(F)c1. The highest BCUT2D eigenvalue weighted by molar-refractivity contribution is 6.32. The molecule has 0 aliphatic heterocycles. The van der Waals surface area contributed by atoms with Crippen molar-refractivity contribution < 1.29 is 22.3 Å². The van der Waals surface area contributed by atoms with Crippen LogP contribution in [-0.2, 0) is 6.67 Å². The number of ether oxygens (including phenoxy) is 1. The van der Waals surface area contributed by atoms with Crippen LogP contribution in [0.25, 0.3) is 16.9 Å². The molecule has 3 rings (SSSR count). The molecule has 0 fully saturated rings. The molecule has 25 heavy (non-hydrogen) atoms. The van der Waals surface area contributed by atoms with E-state index in [0.717, 1.165) is 28.8 Å². The predicted octanol–water partition coefficient (Wildman–Crippen LogP) is 5.09. The highest BCUT2D eigenvalue weighted by atomic mass is 35.5. The molecule has 3 nitrogen and oxygen atoms in total. The van der Waals surface area contributed by atoms with E-state index in [-0.39, 0.29) is 28.1 Å². The number of rotatable bonds is 4. The zero-order valence-corrected chi connectivity index (χ0v) is 13.6. The van der Waals surface area contributed by atoms with Crippen LogP contribution in [0.5, 0.6) is 5.75 Å². The molecule has 0 saturated carbocycles. The van der Waals surface area contributed by atoms with E-state index in [0.29, 0.717) is 0 Å². The maximum Gasteiger partial charge on any atom is 0.156 e. The van der Waals surface area contributed by atoms with Gasteiger partial charge in [-0.25, -0.2) is 22.5 Å². The molecule has 0 N–H and O–H groups in total. The summed E-state index contributed by atoms with van der Waals surface area (Å²) in [5.41, 5.74) is -0.390. The topological polar surface area (TPSA) is 27.1 Å². The monoisotopic (exact) mass is 370 g/mol. The Morgan fingerprint density at radius 2 is 1.68 bits per heavy atom. The molecule has 130 valence electrons. The van der Waals surface area contributed by atoms with Crippen LogP contribution >= 0.6 is 11.6 Å². The Morgan fingerprint density at radius 3 is 2.20 bits per heavy atom. The van der Waals surface area contributed by atoms with Gasteiger partial charge in [-0.3, -0.25) is 4.57 Å². The van der Waals surface area contributed by atoms with E-state index in [1.165, 1.54) is 19.2 Å². The Morgan fingerprint density at radius 1 is 1.08 bits per heavy atom. The summed E-state index contributed by atoms with van der Waals surface area (Å²) in [7, 11) is 1.27. The normalized spacial score (nSPS) is 11.0. The van der Waals surface area contributed by atoms with Crippen LogP contribution in [0.3, 0.4) is 0 Å². The van der Waals surface area contributed by atoms with E-state index in [2.05, 4.69) is 4.98 Å². The molecule has 1 heterocycles. The smallest absolute Gasteiger partial charge is 0.156 e. The second kappa shape index (κ2) is 6.76. The minimum absolute atomic E-state index is 0.0200. The standard InChI is InChI=1S/C17H11ClF4N2O/c1-25-11-6-12(21)15(13(22)7-11)16-17(18)23-14(8-19)24(16)10-4-2-9(20)3-5-10/h2-7H,8H2,1H3. The maximum atomic E-state index is 14.5. The number of imidazole rings is 1. The van der Waals surface area contributed by atoms with Gasteiger partial charge in [0.25, 0.3) is 0 Å². The Balaban J connectivity index is 2.31. The predicted molar refractivity (Wildman–Crippen MR) is 85.2 cm³/mol. The Kier molecular flexibility index (Phi) is 4.67. The maximum absolute atomic E-state index is 14.5. The molecule has 0 aliphatic rings. The third-order valence-corrected chi connectivity index (χ3v) is 3.86.